The second-order valence-corrected chi connectivity index (χ2v) is 5.66. The van der Waals surface area contributed by atoms with Gasteiger partial charge in [-0.25, -0.2) is 0 Å². The lowest BCUT2D eigenvalue weighted by Crippen LogP contribution is -2.25. The van der Waals surface area contributed by atoms with Crippen molar-refractivity contribution in [3.8, 4) is 0 Å². The van der Waals surface area contributed by atoms with E-state index < -0.39 is 0 Å². The average molecular weight is 330 g/mol. The predicted octanol–water partition coefficient (Wildman–Crippen LogP) is 3.35. The molecule has 0 saturated heterocycles. The Morgan fingerprint density at radius 2 is 2.05 bits per heavy atom. The van der Waals surface area contributed by atoms with E-state index in [2.05, 4.69) is 33.3 Å². The van der Waals surface area contributed by atoms with Crippen molar-refractivity contribution < 1.29 is 4.79 Å². The second-order valence-electron chi connectivity index (χ2n) is 4.87. The fraction of sp³-hybridized carbons (Fsp3) is 0.714. The molecule has 19 heavy (non-hydrogen) atoms. The van der Waals surface area contributed by atoms with Crippen molar-refractivity contribution in [2.24, 2.45) is 0 Å². The Kier molecular flexibility index (Phi) is 7.13. The van der Waals surface area contributed by atoms with E-state index in [1.54, 1.807) is 0 Å². The lowest BCUT2D eigenvalue weighted by molar-refractivity contribution is -0.121. The predicted molar refractivity (Wildman–Crippen MR) is 81.2 cm³/mol. The van der Waals surface area contributed by atoms with Crippen LogP contribution in [0, 0.1) is 13.8 Å². The highest BCUT2D eigenvalue weighted by atomic mass is 79.9. The standard InChI is InChI=1S/C14H24BrN3O/c1-4-5-6-7-9-16-13(19)8-10-18-12(3)14(15)11(2)17-18/h4-10H2,1-3H3,(H,16,19). The third-order valence-electron chi connectivity index (χ3n) is 3.20. The molecule has 1 aromatic rings. The topological polar surface area (TPSA) is 46.9 Å². The fourth-order valence-electron chi connectivity index (χ4n) is 1.97. The summed E-state index contributed by atoms with van der Waals surface area (Å²) in [5, 5.41) is 7.35. The largest absolute Gasteiger partial charge is 0.356 e. The minimum atomic E-state index is 0.111. The number of nitrogens with zero attached hydrogens (tertiary/aromatic N) is 2. The number of hydrogen-bond donors (Lipinski definition) is 1. The first kappa shape index (κ1) is 16.2. The molecule has 4 nitrogen and oxygen atoms in total. The molecular weight excluding hydrogens is 306 g/mol. The molecule has 1 heterocycles. The Balaban J connectivity index is 2.24. The highest BCUT2D eigenvalue weighted by Crippen LogP contribution is 2.19. The maximum Gasteiger partial charge on any atom is 0.221 e. The number of halogens is 1. The number of aromatic nitrogens is 2. The summed E-state index contributed by atoms with van der Waals surface area (Å²) < 4.78 is 2.92. The van der Waals surface area contributed by atoms with Crippen molar-refractivity contribution in [3.05, 3.63) is 15.9 Å². The van der Waals surface area contributed by atoms with Crippen LogP contribution in [0.4, 0.5) is 0 Å². The summed E-state index contributed by atoms with van der Waals surface area (Å²) in [4.78, 5) is 11.7. The van der Waals surface area contributed by atoms with Gasteiger partial charge in [-0.2, -0.15) is 5.10 Å². The first-order chi connectivity index (χ1) is 9.06. The number of unbranched alkanes of at least 4 members (excludes halogenated alkanes) is 3. The van der Waals surface area contributed by atoms with Crippen LogP contribution in [-0.4, -0.2) is 22.2 Å². The maximum atomic E-state index is 11.7. The molecule has 0 aliphatic carbocycles. The number of aryl methyl sites for hydroxylation is 2. The van der Waals surface area contributed by atoms with Gasteiger partial charge in [-0.05, 0) is 36.2 Å². The van der Waals surface area contributed by atoms with E-state index in [1.165, 1.54) is 19.3 Å². The van der Waals surface area contributed by atoms with Gasteiger partial charge in [0.25, 0.3) is 0 Å². The van der Waals surface area contributed by atoms with Crippen molar-refractivity contribution in [1.82, 2.24) is 15.1 Å². The molecule has 1 aromatic heterocycles. The van der Waals surface area contributed by atoms with Crippen LogP contribution in [0.25, 0.3) is 0 Å². The highest BCUT2D eigenvalue weighted by Gasteiger charge is 2.09. The van der Waals surface area contributed by atoms with Crippen molar-refractivity contribution in [1.29, 1.82) is 0 Å². The lowest BCUT2D eigenvalue weighted by Gasteiger charge is -2.06. The normalized spacial score (nSPS) is 10.7. The van der Waals surface area contributed by atoms with E-state index in [0.717, 1.165) is 28.8 Å². The number of amides is 1. The minimum Gasteiger partial charge on any atom is -0.356 e. The van der Waals surface area contributed by atoms with Crippen molar-refractivity contribution in [2.45, 2.75) is 59.4 Å². The minimum absolute atomic E-state index is 0.111. The molecule has 0 saturated carbocycles. The molecule has 0 unspecified atom stereocenters. The SMILES string of the molecule is CCCCCCNC(=O)CCn1nc(C)c(Br)c1C. The molecule has 0 radical (unpaired) electrons. The first-order valence-electron chi connectivity index (χ1n) is 7.02. The molecule has 0 spiro atoms. The Bertz CT molecular complexity index is 415. The zero-order chi connectivity index (χ0) is 14.3. The molecule has 0 aliphatic heterocycles. The smallest absolute Gasteiger partial charge is 0.221 e. The molecular formula is C14H24BrN3O. The molecule has 0 bridgehead atoms. The van der Waals surface area contributed by atoms with Gasteiger partial charge in [-0.15, -0.1) is 0 Å². The lowest BCUT2D eigenvalue weighted by atomic mass is 10.2. The summed E-state index contributed by atoms with van der Waals surface area (Å²) in [6.45, 7) is 7.58. The van der Waals surface area contributed by atoms with Crippen LogP contribution in [-0.2, 0) is 11.3 Å². The van der Waals surface area contributed by atoms with Gasteiger partial charge < -0.3 is 5.32 Å². The third kappa shape index (κ3) is 5.35. The van der Waals surface area contributed by atoms with E-state index in [0.29, 0.717) is 13.0 Å². The monoisotopic (exact) mass is 329 g/mol. The molecule has 0 atom stereocenters. The number of hydrogen-bond acceptors (Lipinski definition) is 2. The van der Waals surface area contributed by atoms with Gasteiger partial charge in [0, 0.05) is 18.7 Å². The Hall–Kier alpha value is -0.840. The first-order valence-corrected chi connectivity index (χ1v) is 7.81. The Labute approximate surface area is 124 Å². The van der Waals surface area contributed by atoms with Crippen LogP contribution in [0.5, 0.6) is 0 Å². The highest BCUT2D eigenvalue weighted by molar-refractivity contribution is 9.10. The number of carbonyl (C=O) groups excluding carboxylic acids is 1. The van der Waals surface area contributed by atoms with Crippen LogP contribution >= 0.6 is 15.9 Å². The van der Waals surface area contributed by atoms with Crippen LogP contribution in [0.2, 0.25) is 0 Å². The third-order valence-corrected chi connectivity index (χ3v) is 4.34. The van der Waals surface area contributed by atoms with Gasteiger partial charge in [0.1, 0.15) is 0 Å². The Morgan fingerprint density at radius 1 is 1.32 bits per heavy atom. The number of carbonyl (C=O) groups is 1. The molecule has 5 heteroatoms. The summed E-state index contributed by atoms with van der Waals surface area (Å²) in [5.74, 6) is 0.111. The second kappa shape index (κ2) is 8.35. The number of rotatable bonds is 8. The van der Waals surface area contributed by atoms with Crippen LogP contribution in [0.3, 0.4) is 0 Å². The summed E-state index contributed by atoms with van der Waals surface area (Å²) in [6, 6.07) is 0. The molecule has 0 aromatic carbocycles. The molecule has 1 amide bonds. The average Bonchev–Trinajstić information content (AvgIpc) is 2.63. The van der Waals surface area contributed by atoms with Gasteiger partial charge in [0.2, 0.25) is 5.91 Å². The number of nitrogens with one attached hydrogen (secondary N) is 1. The molecule has 0 aliphatic rings. The summed E-state index contributed by atoms with van der Waals surface area (Å²) in [7, 11) is 0. The van der Waals surface area contributed by atoms with Crippen molar-refractivity contribution >= 4 is 21.8 Å². The van der Waals surface area contributed by atoms with Crippen molar-refractivity contribution in [2.75, 3.05) is 6.54 Å². The van der Waals surface area contributed by atoms with Crippen LogP contribution < -0.4 is 5.32 Å². The van der Waals surface area contributed by atoms with Gasteiger partial charge in [0.05, 0.1) is 16.7 Å². The summed E-state index contributed by atoms with van der Waals surface area (Å²) >= 11 is 3.49. The van der Waals surface area contributed by atoms with Gasteiger partial charge in [0.15, 0.2) is 0 Å². The van der Waals surface area contributed by atoms with Crippen molar-refractivity contribution in [3.63, 3.8) is 0 Å². The van der Waals surface area contributed by atoms with Gasteiger partial charge in [-0.3, -0.25) is 9.48 Å². The fourth-order valence-corrected chi connectivity index (χ4v) is 2.25. The summed E-state index contributed by atoms with van der Waals surface area (Å²) in [5.41, 5.74) is 2.05. The Morgan fingerprint density at radius 3 is 2.63 bits per heavy atom. The van der Waals surface area contributed by atoms with E-state index in [1.807, 2.05) is 18.5 Å². The molecule has 108 valence electrons. The molecule has 1 N–H and O–H groups in total. The van der Waals surface area contributed by atoms with E-state index >= 15 is 0 Å². The van der Waals surface area contributed by atoms with Crippen LogP contribution in [0.15, 0.2) is 4.47 Å². The van der Waals surface area contributed by atoms with E-state index in [-0.39, 0.29) is 5.91 Å². The van der Waals surface area contributed by atoms with Crippen LogP contribution in [0.1, 0.15) is 50.4 Å². The van der Waals surface area contributed by atoms with Gasteiger partial charge in [-0.1, -0.05) is 26.2 Å². The zero-order valence-electron chi connectivity index (χ0n) is 12.1. The zero-order valence-corrected chi connectivity index (χ0v) is 13.7. The quantitative estimate of drug-likeness (QED) is 0.743. The molecule has 0 fully saturated rings. The maximum absolute atomic E-state index is 11.7. The molecule has 1 rings (SSSR count). The van der Waals surface area contributed by atoms with Gasteiger partial charge >= 0.3 is 0 Å². The van der Waals surface area contributed by atoms with E-state index in [9.17, 15) is 4.79 Å². The van der Waals surface area contributed by atoms with E-state index in [4.69, 9.17) is 0 Å². The summed E-state index contributed by atoms with van der Waals surface area (Å²) in [6.07, 6.45) is 5.23.